The molecule has 2 aromatic heterocycles. The van der Waals surface area contributed by atoms with E-state index in [1.54, 1.807) is 4.68 Å². The molecule has 0 saturated heterocycles. The summed E-state index contributed by atoms with van der Waals surface area (Å²) >= 11 is 0. The lowest BCUT2D eigenvalue weighted by Crippen LogP contribution is -2.01. The second-order valence-electron chi connectivity index (χ2n) is 4.51. The zero-order valence-corrected chi connectivity index (χ0v) is 11.2. The van der Waals surface area contributed by atoms with Crippen LogP contribution in [0.3, 0.4) is 0 Å². The number of aryl methyl sites for hydroxylation is 2. The van der Waals surface area contributed by atoms with Gasteiger partial charge in [0.2, 0.25) is 12.3 Å². The van der Waals surface area contributed by atoms with Crippen molar-refractivity contribution in [3.05, 3.63) is 42.0 Å². The molecular weight excluding hydrogens is 256 g/mol. The fraction of sp³-hybridized carbons (Fsp3) is 0.231. The van der Waals surface area contributed by atoms with Gasteiger partial charge in [0.1, 0.15) is 5.69 Å². The Balaban J connectivity index is 1.80. The summed E-state index contributed by atoms with van der Waals surface area (Å²) in [7, 11) is 1.85. The van der Waals surface area contributed by atoms with E-state index in [0.717, 1.165) is 22.5 Å². The van der Waals surface area contributed by atoms with Gasteiger partial charge in [-0.2, -0.15) is 0 Å². The van der Waals surface area contributed by atoms with Crippen LogP contribution in [-0.4, -0.2) is 25.2 Å². The molecule has 7 heteroatoms. The first-order valence-electron chi connectivity index (χ1n) is 6.18. The van der Waals surface area contributed by atoms with E-state index in [2.05, 4.69) is 25.8 Å². The quantitative estimate of drug-likeness (QED) is 0.778. The van der Waals surface area contributed by atoms with Gasteiger partial charge in [-0.3, -0.25) is 4.68 Å². The van der Waals surface area contributed by atoms with E-state index in [1.165, 1.54) is 6.39 Å². The highest BCUT2D eigenvalue weighted by atomic mass is 16.4. The third-order valence-corrected chi connectivity index (χ3v) is 2.95. The average molecular weight is 270 g/mol. The lowest BCUT2D eigenvalue weighted by Gasteiger charge is -2.09. The first kappa shape index (κ1) is 12.3. The number of hydrogen-bond donors (Lipinski definition) is 1. The van der Waals surface area contributed by atoms with Crippen LogP contribution in [0.4, 0.5) is 5.69 Å². The monoisotopic (exact) mass is 270 g/mol. The summed E-state index contributed by atoms with van der Waals surface area (Å²) in [5, 5.41) is 18.9. The number of rotatable bonds is 4. The Hall–Kier alpha value is -2.70. The zero-order valence-electron chi connectivity index (χ0n) is 11.2. The van der Waals surface area contributed by atoms with Crippen molar-refractivity contribution in [2.24, 2.45) is 7.05 Å². The smallest absolute Gasteiger partial charge is 0.247 e. The molecular formula is C13H14N6O. The van der Waals surface area contributed by atoms with Crippen molar-refractivity contribution >= 4 is 5.69 Å². The summed E-state index contributed by atoms with van der Waals surface area (Å²) in [6.07, 6.45) is 3.20. The molecule has 0 aliphatic heterocycles. The summed E-state index contributed by atoms with van der Waals surface area (Å²) in [6.45, 7) is 2.65. The van der Waals surface area contributed by atoms with E-state index in [9.17, 15) is 0 Å². The van der Waals surface area contributed by atoms with Gasteiger partial charge in [0, 0.05) is 24.5 Å². The number of benzene rings is 1. The summed E-state index contributed by atoms with van der Waals surface area (Å²) in [6, 6.07) is 5.95. The first-order chi connectivity index (χ1) is 9.72. The molecule has 0 bridgehead atoms. The van der Waals surface area contributed by atoms with Gasteiger partial charge in [0.25, 0.3) is 0 Å². The molecule has 0 spiro atoms. The Morgan fingerprint density at radius 1 is 1.30 bits per heavy atom. The Kier molecular flexibility index (Phi) is 3.16. The van der Waals surface area contributed by atoms with Crippen LogP contribution in [0.25, 0.3) is 11.5 Å². The summed E-state index contributed by atoms with van der Waals surface area (Å²) in [4.78, 5) is 0. The highest BCUT2D eigenvalue weighted by molar-refractivity contribution is 5.64. The molecule has 102 valence electrons. The van der Waals surface area contributed by atoms with E-state index < -0.39 is 0 Å². The van der Waals surface area contributed by atoms with Gasteiger partial charge in [-0.1, -0.05) is 11.3 Å². The number of nitrogens with one attached hydrogen (secondary N) is 1. The van der Waals surface area contributed by atoms with Gasteiger partial charge >= 0.3 is 0 Å². The SMILES string of the molecule is Cc1ccc(-c2nnco2)cc1NCc1cn(C)nn1. The standard InChI is InChI=1S/C13H14N6O/c1-9-3-4-10(13-17-15-8-20-13)5-12(9)14-6-11-7-19(2)18-16-11/h3-5,7-8,14H,6H2,1-2H3. The minimum atomic E-state index is 0.507. The Bertz CT molecular complexity index is 703. The van der Waals surface area contributed by atoms with Crippen LogP contribution in [0.15, 0.2) is 35.2 Å². The van der Waals surface area contributed by atoms with E-state index in [4.69, 9.17) is 4.42 Å². The number of aromatic nitrogens is 5. The van der Waals surface area contributed by atoms with Crippen molar-refractivity contribution < 1.29 is 4.42 Å². The highest BCUT2D eigenvalue weighted by Gasteiger charge is 2.07. The number of anilines is 1. The second kappa shape index (κ2) is 5.12. The molecule has 0 aliphatic rings. The zero-order chi connectivity index (χ0) is 13.9. The van der Waals surface area contributed by atoms with E-state index in [0.29, 0.717) is 12.4 Å². The Morgan fingerprint density at radius 3 is 2.90 bits per heavy atom. The second-order valence-corrected chi connectivity index (χ2v) is 4.51. The van der Waals surface area contributed by atoms with Gasteiger partial charge in [0.05, 0.1) is 6.54 Å². The number of nitrogens with zero attached hydrogens (tertiary/aromatic N) is 5. The molecule has 0 radical (unpaired) electrons. The van der Waals surface area contributed by atoms with Crippen LogP contribution in [0, 0.1) is 6.92 Å². The Labute approximate surface area is 115 Å². The molecule has 0 aliphatic carbocycles. The van der Waals surface area contributed by atoms with Gasteiger partial charge in [-0.15, -0.1) is 15.3 Å². The third-order valence-electron chi connectivity index (χ3n) is 2.95. The molecule has 20 heavy (non-hydrogen) atoms. The molecule has 3 aromatic rings. The summed E-state index contributed by atoms with van der Waals surface area (Å²) in [5.74, 6) is 0.507. The van der Waals surface area contributed by atoms with Gasteiger partial charge in [-0.25, -0.2) is 0 Å². The molecule has 0 fully saturated rings. The van der Waals surface area contributed by atoms with Crippen molar-refractivity contribution in [1.29, 1.82) is 0 Å². The molecule has 0 atom stereocenters. The van der Waals surface area contributed by atoms with Crippen LogP contribution in [0.1, 0.15) is 11.3 Å². The fourth-order valence-electron chi connectivity index (χ4n) is 1.91. The molecule has 0 saturated carbocycles. The maximum atomic E-state index is 5.20. The van der Waals surface area contributed by atoms with Gasteiger partial charge < -0.3 is 9.73 Å². The lowest BCUT2D eigenvalue weighted by atomic mass is 10.1. The van der Waals surface area contributed by atoms with Crippen LogP contribution in [-0.2, 0) is 13.6 Å². The van der Waals surface area contributed by atoms with E-state index in [1.807, 2.05) is 38.4 Å². The molecule has 2 heterocycles. The summed E-state index contributed by atoms with van der Waals surface area (Å²) < 4.78 is 6.88. The van der Waals surface area contributed by atoms with Crippen molar-refractivity contribution in [3.8, 4) is 11.5 Å². The van der Waals surface area contributed by atoms with Crippen molar-refractivity contribution in [1.82, 2.24) is 25.2 Å². The molecule has 0 amide bonds. The van der Waals surface area contributed by atoms with Gasteiger partial charge in [0.15, 0.2) is 0 Å². The topological polar surface area (TPSA) is 81.7 Å². The van der Waals surface area contributed by atoms with Crippen LogP contribution in [0.2, 0.25) is 0 Å². The van der Waals surface area contributed by atoms with Crippen molar-refractivity contribution in [3.63, 3.8) is 0 Å². The predicted molar refractivity (Wildman–Crippen MR) is 72.8 cm³/mol. The maximum Gasteiger partial charge on any atom is 0.247 e. The van der Waals surface area contributed by atoms with E-state index in [-0.39, 0.29) is 0 Å². The van der Waals surface area contributed by atoms with Gasteiger partial charge in [-0.05, 0) is 24.6 Å². The van der Waals surface area contributed by atoms with Crippen LogP contribution >= 0.6 is 0 Å². The molecule has 1 aromatic carbocycles. The van der Waals surface area contributed by atoms with Crippen LogP contribution in [0.5, 0.6) is 0 Å². The fourth-order valence-corrected chi connectivity index (χ4v) is 1.91. The average Bonchev–Trinajstić information content (AvgIpc) is 3.09. The molecule has 0 unspecified atom stereocenters. The summed E-state index contributed by atoms with van der Waals surface area (Å²) in [5.41, 5.74) is 3.91. The normalized spacial score (nSPS) is 10.7. The van der Waals surface area contributed by atoms with Crippen LogP contribution < -0.4 is 5.32 Å². The molecule has 1 N–H and O–H groups in total. The van der Waals surface area contributed by atoms with Crippen molar-refractivity contribution in [2.75, 3.05) is 5.32 Å². The van der Waals surface area contributed by atoms with Crippen molar-refractivity contribution in [2.45, 2.75) is 13.5 Å². The lowest BCUT2D eigenvalue weighted by molar-refractivity contribution is 0.568. The Morgan fingerprint density at radius 2 is 2.20 bits per heavy atom. The van der Waals surface area contributed by atoms with E-state index >= 15 is 0 Å². The minimum Gasteiger partial charge on any atom is -0.423 e. The minimum absolute atomic E-state index is 0.507. The first-order valence-corrected chi connectivity index (χ1v) is 6.18. The number of hydrogen-bond acceptors (Lipinski definition) is 6. The predicted octanol–water partition coefficient (Wildman–Crippen LogP) is 1.79. The maximum absolute atomic E-state index is 5.20. The molecule has 7 nitrogen and oxygen atoms in total. The third kappa shape index (κ3) is 2.51. The largest absolute Gasteiger partial charge is 0.423 e. The molecule has 3 rings (SSSR count). The highest BCUT2D eigenvalue weighted by Crippen LogP contribution is 2.24.